The van der Waals surface area contributed by atoms with Gasteiger partial charge in [-0.15, -0.1) is 0 Å². The van der Waals surface area contributed by atoms with Gasteiger partial charge in [-0.25, -0.2) is 10.2 Å². The van der Waals surface area contributed by atoms with Crippen molar-refractivity contribution in [1.29, 1.82) is 0 Å². The minimum atomic E-state index is -0.432. The summed E-state index contributed by atoms with van der Waals surface area (Å²) in [4.78, 5) is 24.2. The van der Waals surface area contributed by atoms with Crippen LogP contribution in [-0.4, -0.2) is 18.1 Å². The van der Waals surface area contributed by atoms with Crippen LogP contribution in [0.2, 0.25) is 0 Å². The predicted molar refractivity (Wildman–Crippen MR) is 120 cm³/mol. The van der Waals surface area contributed by atoms with E-state index in [1.165, 1.54) is 6.21 Å². The minimum Gasteiger partial charge on any atom is -0.423 e. The number of ether oxygens (including phenoxy) is 1. The van der Waals surface area contributed by atoms with Crippen molar-refractivity contribution in [2.75, 3.05) is 0 Å². The summed E-state index contributed by atoms with van der Waals surface area (Å²) in [6, 6.07) is 21.0. The average molecular weight is 549 g/mol. The molecule has 5 nitrogen and oxygen atoms in total. The van der Waals surface area contributed by atoms with Crippen LogP contribution < -0.4 is 10.2 Å². The fourth-order valence-electron chi connectivity index (χ4n) is 2.24. The number of halogens is 2. The molecule has 0 aliphatic heterocycles. The Kier molecular flexibility index (Phi) is 6.94. The average Bonchev–Trinajstić information content (AvgIpc) is 2.70. The second-order valence-electron chi connectivity index (χ2n) is 5.64. The number of benzene rings is 3. The molecule has 0 saturated heterocycles. The molecule has 0 aliphatic carbocycles. The molecule has 0 spiro atoms. The summed E-state index contributed by atoms with van der Waals surface area (Å²) in [5.41, 5.74) is 4.28. The lowest BCUT2D eigenvalue weighted by Crippen LogP contribution is -2.18. The number of esters is 1. The second-order valence-corrected chi connectivity index (χ2v) is 7.72. The van der Waals surface area contributed by atoms with E-state index in [0.717, 1.165) is 13.6 Å². The van der Waals surface area contributed by atoms with Gasteiger partial charge in [0.25, 0.3) is 5.91 Å². The van der Waals surface area contributed by atoms with Gasteiger partial charge in [0, 0.05) is 8.04 Å². The summed E-state index contributed by atoms with van der Waals surface area (Å²) < 4.78 is 7.08. The Morgan fingerprint density at radius 1 is 0.964 bits per heavy atom. The number of hydrazone groups is 1. The van der Waals surface area contributed by atoms with Crippen molar-refractivity contribution >= 4 is 56.6 Å². The van der Waals surface area contributed by atoms with E-state index in [9.17, 15) is 9.59 Å². The standard InChI is InChI=1S/C21H14BrIN2O3/c22-16-9-7-15(8-10-16)21(27)28-17-11-5-14(6-12-17)13-24-25-20(26)18-3-1-2-4-19(18)23/h1-13H,(H,25,26). The number of carbonyl (C=O) groups is 2. The van der Waals surface area contributed by atoms with Gasteiger partial charge in [-0.05, 0) is 88.8 Å². The molecule has 28 heavy (non-hydrogen) atoms. The van der Waals surface area contributed by atoms with Crippen LogP contribution in [0.5, 0.6) is 5.75 Å². The van der Waals surface area contributed by atoms with Crippen molar-refractivity contribution in [2.24, 2.45) is 5.10 Å². The molecule has 0 fully saturated rings. The molecule has 0 saturated carbocycles. The maximum absolute atomic E-state index is 12.1. The normalized spacial score (nSPS) is 10.6. The van der Waals surface area contributed by atoms with Crippen molar-refractivity contribution in [3.63, 3.8) is 0 Å². The summed E-state index contributed by atoms with van der Waals surface area (Å²) in [6.45, 7) is 0. The molecule has 3 aromatic rings. The lowest BCUT2D eigenvalue weighted by atomic mass is 10.2. The fraction of sp³-hybridized carbons (Fsp3) is 0. The highest BCUT2D eigenvalue weighted by Crippen LogP contribution is 2.16. The van der Waals surface area contributed by atoms with Gasteiger partial charge in [0.15, 0.2) is 0 Å². The third kappa shape index (κ3) is 5.49. The predicted octanol–water partition coefficient (Wildman–Crippen LogP) is 5.04. The van der Waals surface area contributed by atoms with Gasteiger partial charge in [-0.1, -0.05) is 28.1 Å². The van der Waals surface area contributed by atoms with Crippen LogP contribution in [0.25, 0.3) is 0 Å². The van der Waals surface area contributed by atoms with E-state index >= 15 is 0 Å². The molecule has 1 amide bonds. The number of amides is 1. The highest BCUT2D eigenvalue weighted by atomic mass is 127. The molecular formula is C21H14BrIN2O3. The van der Waals surface area contributed by atoms with Crippen LogP contribution in [0.1, 0.15) is 26.3 Å². The Morgan fingerprint density at radius 3 is 2.32 bits per heavy atom. The van der Waals surface area contributed by atoms with Crippen molar-refractivity contribution < 1.29 is 14.3 Å². The quantitative estimate of drug-likeness (QED) is 0.160. The van der Waals surface area contributed by atoms with Crippen molar-refractivity contribution in [1.82, 2.24) is 5.43 Å². The van der Waals surface area contributed by atoms with Gasteiger partial charge in [-0.2, -0.15) is 5.10 Å². The monoisotopic (exact) mass is 548 g/mol. The van der Waals surface area contributed by atoms with E-state index in [-0.39, 0.29) is 5.91 Å². The van der Waals surface area contributed by atoms with Crippen LogP contribution in [0, 0.1) is 3.57 Å². The van der Waals surface area contributed by atoms with Gasteiger partial charge in [0.2, 0.25) is 0 Å². The molecule has 7 heteroatoms. The Balaban J connectivity index is 1.57. The number of hydrogen-bond donors (Lipinski definition) is 1. The summed E-state index contributed by atoms with van der Waals surface area (Å²) in [7, 11) is 0. The first-order chi connectivity index (χ1) is 13.5. The number of nitrogens with zero attached hydrogens (tertiary/aromatic N) is 1. The largest absolute Gasteiger partial charge is 0.423 e. The van der Waals surface area contributed by atoms with Crippen LogP contribution >= 0.6 is 38.5 Å². The first-order valence-corrected chi connectivity index (χ1v) is 10.1. The third-order valence-corrected chi connectivity index (χ3v) is 5.14. The number of carbonyl (C=O) groups excluding carboxylic acids is 2. The molecule has 0 aliphatic rings. The SMILES string of the molecule is O=C(Oc1ccc(C=NNC(=O)c2ccccc2I)cc1)c1ccc(Br)cc1. The summed E-state index contributed by atoms with van der Waals surface area (Å²) >= 11 is 5.43. The van der Waals surface area contributed by atoms with E-state index < -0.39 is 5.97 Å². The van der Waals surface area contributed by atoms with E-state index in [0.29, 0.717) is 16.9 Å². The van der Waals surface area contributed by atoms with Gasteiger partial charge >= 0.3 is 5.97 Å². The highest BCUT2D eigenvalue weighted by molar-refractivity contribution is 14.1. The minimum absolute atomic E-state index is 0.277. The van der Waals surface area contributed by atoms with Crippen LogP contribution in [0.15, 0.2) is 82.4 Å². The molecule has 3 rings (SSSR count). The molecule has 0 atom stereocenters. The van der Waals surface area contributed by atoms with Gasteiger partial charge in [-0.3, -0.25) is 4.79 Å². The highest BCUT2D eigenvalue weighted by Gasteiger charge is 2.09. The van der Waals surface area contributed by atoms with Gasteiger partial charge in [0.1, 0.15) is 5.75 Å². The molecule has 140 valence electrons. The van der Waals surface area contributed by atoms with Crippen LogP contribution in [0.3, 0.4) is 0 Å². The van der Waals surface area contributed by atoms with Crippen LogP contribution in [0.4, 0.5) is 0 Å². The molecule has 0 heterocycles. The molecular weight excluding hydrogens is 535 g/mol. The number of nitrogens with one attached hydrogen (secondary N) is 1. The lowest BCUT2D eigenvalue weighted by Gasteiger charge is -2.05. The van der Waals surface area contributed by atoms with E-state index in [4.69, 9.17) is 4.74 Å². The first kappa shape index (κ1) is 20.2. The van der Waals surface area contributed by atoms with E-state index in [1.54, 1.807) is 60.7 Å². The number of hydrogen-bond acceptors (Lipinski definition) is 4. The lowest BCUT2D eigenvalue weighted by molar-refractivity contribution is 0.0734. The maximum atomic E-state index is 12.1. The van der Waals surface area contributed by atoms with Crippen molar-refractivity contribution in [3.05, 3.63) is 97.5 Å². The zero-order valence-electron chi connectivity index (χ0n) is 14.4. The Bertz CT molecular complexity index is 1020. The Labute approximate surface area is 184 Å². The van der Waals surface area contributed by atoms with Gasteiger partial charge in [0.05, 0.1) is 17.3 Å². The molecule has 3 aromatic carbocycles. The topological polar surface area (TPSA) is 67.8 Å². The molecule has 1 N–H and O–H groups in total. The maximum Gasteiger partial charge on any atom is 0.343 e. The van der Waals surface area contributed by atoms with Crippen molar-refractivity contribution in [2.45, 2.75) is 0 Å². The van der Waals surface area contributed by atoms with Crippen molar-refractivity contribution in [3.8, 4) is 5.75 Å². The summed E-state index contributed by atoms with van der Waals surface area (Å²) in [5.74, 6) is -0.284. The van der Waals surface area contributed by atoms with Gasteiger partial charge < -0.3 is 4.74 Å². The smallest absolute Gasteiger partial charge is 0.343 e. The zero-order chi connectivity index (χ0) is 19.9. The molecule has 0 unspecified atom stereocenters. The molecule has 0 aromatic heterocycles. The summed E-state index contributed by atoms with van der Waals surface area (Å²) in [5, 5.41) is 3.97. The van der Waals surface area contributed by atoms with E-state index in [1.807, 2.05) is 12.1 Å². The Hall–Kier alpha value is -2.52. The third-order valence-electron chi connectivity index (χ3n) is 3.67. The fourth-order valence-corrected chi connectivity index (χ4v) is 3.14. The van der Waals surface area contributed by atoms with E-state index in [2.05, 4.69) is 49.0 Å². The summed E-state index contributed by atoms with van der Waals surface area (Å²) in [6.07, 6.45) is 1.52. The molecule has 0 bridgehead atoms. The van der Waals surface area contributed by atoms with Crippen LogP contribution in [-0.2, 0) is 0 Å². The number of rotatable bonds is 5. The second kappa shape index (κ2) is 9.61. The Morgan fingerprint density at radius 2 is 1.64 bits per heavy atom. The first-order valence-electron chi connectivity index (χ1n) is 8.19. The molecule has 0 radical (unpaired) electrons. The zero-order valence-corrected chi connectivity index (χ0v) is 18.2.